The number of ketones is 1. The predicted molar refractivity (Wildman–Crippen MR) is 99.1 cm³/mol. The molecule has 0 bridgehead atoms. The van der Waals surface area contributed by atoms with Gasteiger partial charge < -0.3 is 16.5 Å². The summed E-state index contributed by atoms with van der Waals surface area (Å²) in [4.78, 5) is 27.6. The Balaban J connectivity index is 2.33. The molecule has 0 saturated heterocycles. The van der Waals surface area contributed by atoms with Crippen LogP contribution < -0.4 is 11.5 Å². The van der Waals surface area contributed by atoms with Crippen molar-refractivity contribution in [2.75, 3.05) is 5.73 Å². The summed E-state index contributed by atoms with van der Waals surface area (Å²) in [5.41, 5.74) is 12.4. The predicted octanol–water partition coefficient (Wildman–Crippen LogP) is 3.90. The Morgan fingerprint density at radius 2 is 1.48 bits per heavy atom. The Morgan fingerprint density at radius 1 is 0.880 bits per heavy atom. The average Bonchev–Trinajstić information content (AvgIpc) is 2.92. The monoisotopic (exact) mass is 373 g/mol. The van der Waals surface area contributed by atoms with Gasteiger partial charge in [0.25, 0.3) is 5.91 Å². The van der Waals surface area contributed by atoms with E-state index in [0.29, 0.717) is 11.1 Å². The molecule has 7 heteroatoms. The molecule has 0 atom stereocenters. The first-order chi connectivity index (χ1) is 11.9. The van der Waals surface area contributed by atoms with Crippen LogP contribution in [0.5, 0.6) is 0 Å². The molecule has 0 unspecified atom stereocenters. The maximum Gasteiger partial charge on any atom is 0.253 e. The highest BCUT2D eigenvalue weighted by Gasteiger charge is 2.28. The van der Waals surface area contributed by atoms with Crippen molar-refractivity contribution >= 4 is 40.7 Å². The van der Waals surface area contributed by atoms with E-state index in [4.69, 9.17) is 34.7 Å². The fourth-order valence-electron chi connectivity index (χ4n) is 2.67. The van der Waals surface area contributed by atoms with Gasteiger partial charge in [0.15, 0.2) is 0 Å². The summed E-state index contributed by atoms with van der Waals surface area (Å²) in [5, 5.41) is 0.548. The van der Waals surface area contributed by atoms with Crippen LogP contribution in [0, 0.1) is 0 Å². The number of nitrogens with one attached hydrogen (secondary N) is 1. The van der Waals surface area contributed by atoms with Crippen LogP contribution in [0.1, 0.15) is 26.4 Å². The molecule has 5 N–H and O–H groups in total. The Bertz CT molecular complexity index is 961. The molecule has 25 heavy (non-hydrogen) atoms. The molecule has 0 saturated carbocycles. The number of hydrogen-bond acceptors (Lipinski definition) is 3. The topological polar surface area (TPSA) is 102 Å². The molecule has 2 aromatic carbocycles. The second-order valence-electron chi connectivity index (χ2n) is 5.32. The third-order valence-electron chi connectivity index (χ3n) is 3.75. The number of aromatic nitrogens is 1. The van der Waals surface area contributed by atoms with Crippen LogP contribution in [-0.4, -0.2) is 16.7 Å². The molecule has 0 fully saturated rings. The number of anilines is 1. The van der Waals surface area contributed by atoms with Crippen molar-refractivity contribution in [3.63, 3.8) is 0 Å². The molecule has 0 radical (unpaired) electrons. The van der Waals surface area contributed by atoms with Gasteiger partial charge in [-0.1, -0.05) is 59.6 Å². The lowest BCUT2D eigenvalue weighted by Gasteiger charge is -2.10. The fourth-order valence-corrected chi connectivity index (χ4v) is 3.25. The molecule has 1 amide bonds. The molecule has 5 nitrogen and oxygen atoms in total. The molecule has 0 aliphatic carbocycles. The van der Waals surface area contributed by atoms with E-state index in [-0.39, 0.29) is 38.5 Å². The van der Waals surface area contributed by atoms with Gasteiger partial charge in [0.1, 0.15) is 5.82 Å². The zero-order valence-corrected chi connectivity index (χ0v) is 14.4. The van der Waals surface area contributed by atoms with Crippen molar-refractivity contribution in [1.82, 2.24) is 4.98 Å². The number of carbonyl (C=O) groups is 2. The third-order valence-corrected chi connectivity index (χ3v) is 4.38. The van der Waals surface area contributed by atoms with E-state index < -0.39 is 5.91 Å². The number of amides is 1. The van der Waals surface area contributed by atoms with Crippen LogP contribution in [0.4, 0.5) is 5.82 Å². The molecule has 1 heterocycles. The highest BCUT2D eigenvalue weighted by Crippen LogP contribution is 2.41. The molecule has 0 aliphatic heterocycles. The lowest BCUT2D eigenvalue weighted by molar-refractivity contribution is 0.100. The molecular weight excluding hydrogens is 361 g/mol. The first-order valence-electron chi connectivity index (χ1n) is 7.27. The summed E-state index contributed by atoms with van der Waals surface area (Å²) in [5.74, 6) is -1.16. The van der Waals surface area contributed by atoms with Gasteiger partial charge in [-0.25, -0.2) is 0 Å². The standard InChI is InChI=1S/C18H13Cl2N3O2/c19-10-7-4-8-11(20)12(10)13-14(18(22)25)17(21)23-15(13)16(24)9-5-2-1-3-6-9/h1-8,23H,21H2,(H2,22,25). The van der Waals surface area contributed by atoms with Crippen molar-refractivity contribution < 1.29 is 9.59 Å². The van der Waals surface area contributed by atoms with Gasteiger partial charge >= 0.3 is 0 Å². The number of primary amides is 1. The van der Waals surface area contributed by atoms with E-state index in [1.54, 1.807) is 48.5 Å². The maximum absolute atomic E-state index is 12.9. The molecule has 0 aliphatic rings. The highest BCUT2D eigenvalue weighted by atomic mass is 35.5. The first kappa shape index (κ1) is 17.1. The molecule has 1 aromatic heterocycles. The van der Waals surface area contributed by atoms with E-state index in [2.05, 4.69) is 4.98 Å². The lowest BCUT2D eigenvalue weighted by atomic mass is 9.96. The molecule has 3 rings (SSSR count). The van der Waals surface area contributed by atoms with Crippen molar-refractivity contribution in [2.24, 2.45) is 5.73 Å². The van der Waals surface area contributed by atoms with Gasteiger partial charge in [-0.3, -0.25) is 9.59 Å². The Labute approximate surface area is 153 Å². The van der Waals surface area contributed by atoms with Gasteiger partial charge in [-0.15, -0.1) is 0 Å². The van der Waals surface area contributed by atoms with Crippen molar-refractivity contribution in [3.8, 4) is 11.1 Å². The molecular formula is C18H13Cl2N3O2. The number of nitrogen functional groups attached to an aromatic ring is 1. The normalized spacial score (nSPS) is 10.6. The minimum Gasteiger partial charge on any atom is -0.385 e. The van der Waals surface area contributed by atoms with E-state index in [1.165, 1.54) is 0 Å². The zero-order valence-electron chi connectivity index (χ0n) is 12.8. The number of nitrogens with two attached hydrogens (primary N) is 2. The van der Waals surface area contributed by atoms with Crippen LogP contribution in [0.2, 0.25) is 10.0 Å². The smallest absolute Gasteiger partial charge is 0.253 e. The van der Waals surface area contributed by atoms with E-state index in [0.717, 1.165) is 0 Å². The Kier molecular flexibility index (Phi) is 4.53. The first-order valence-corrected chi connectivity index (χ1v) is 8.02. The second kappa shape index (κ2) is 6.63. The molecule has 0 spiro atoms. The number of rotatable bonds is 4. The second-order valence-corrected chi connectivity index (χ2v) is 6.13. The summed E-state index contributed by atoms with van der Waals surface area (Å²) in [7, 11) is 0. The number of halogens is 2. The Hall–Kier alpha value is -2.76. The Morgan fingerprint density at radius 3 is 2.04 bits per heavy atom. The van der Waals surface area contributed by atoms with Crippen molar-refractivity contribution in [3.05, 3.63) is 75.4 Å². The van der Waals surface area contributed by atoms with E-state index in [9.17, 15) is 9.59 Å². The summed E-state index contributed by atoms with van der Waals surface area (Å²) in [6, 6.07) is 13.4. The van der Waals surface area contributed by atoms with E-state index >= 15 is 0 Å². The van der Waals surface area contributed by atoms with Crippen LogP contribution in [0.3, 0.4) is 0 Å². The highest BCUT2D eigenvalue weighted by molar-refractivity contribution is 6.40. The fraction of sp³-hybridized carbons (Fsp3) is 0. The number of benzene rings is 2. The van der Waals surface area contributed by atoms with Crippen molar-refractivity contribution in [2.45, 2.75) is 0 Å². The molecule has 3 aromatic rings. The van der Waals surface area contributed by atoms with Crippen LogP contribution in [-0.2, 0) is 0 Å². The largest absolute Gasteiger partial charge is 0.385 e. The van der Waals surface area contributed by atoms with Gasteiger partial charge in [-0.05, 0) is 12.1 Å². The zero-order chi connectivity index (χ0) is 18.1. The number of carbonyl (C=O) groups excluding carboxylic acids is 2. The summed E-state index contributed by atoms with van der Waals surface area (Å²) in [6.45, 7) is 0. The van der Waals surface area contributed by atoms with Gasteiger partial charge in [0, 0.05) is 26.7 Å². The van der Waals surface area contributed by atoms with Crippen LogP contribution in [0.15, 0.2) is 48.5 Å². The average molecular weight is 374 g/mol. The maximum atomic E-state index is 12.9. The third kappa shape index (κ3) is 2.99. The number of aromatic amines is 1. The van der Waals surface area contributed by atoms with Crippen LogP contribution in [0.25, 0.3) is 11.1 Å². The van der Waals surface area contributed by atoms with Gasteiger partial charge in [0.05, 0.1) is 11.3 Å². The van der Waals surface area contributed by atoms with Crippen LogP contribution >= 0.6 is 23.2 Å². The van der Waals surface area contributed by atoms with E-state index in [1.807, 2.05) is 0 Å². The number of H-pyrrole nitrogens is 1. The van der Waals surface area contributed by atoms with Gasteiger partial charge in [-0.2, -0.15) is 0 Å². The number of hydrogen-bond donors (Lipinski definition) is 3. The quantitative estimate of drug-likeness (QED) is 0.604. The molecule has 126 valence electrons. The summed E-state index contributed by atoms with van der Waals surface area (Å²) in [6.07, 6.45) is 0. The lowest BCUT2D eigenvalue weighted by Crippen LogP contribution is -2.14. The van der Waals surface area contributed by atoms with Crippen molar-refractivity contribution in [1.29, 1.82) is 0 Å². The van der Waals surface area contributed by atoms with Gasteiger partial charge in [0.2, 0.25) is 5.78 Å². The SMILES string of the molecule is NC(=O)c1c(N)[nH]c(C(=O)c2ccccc2)c1-c1c(Cl)cccc1Cl. The minimum absolute atomic E-state index is 0.0160. The minimum atomic E-state index is -0.785. The summed E-state index contributed by atoms with van der Waals surface area (Å²) < 4.78 is 0. The summed E-state index contributed by atoms with van der Waals surface area (Å²) >= 11 is 12.5.